The largest absolute Gasteiger partial charge is 0.508 e. The molecule has 0 atom stereocenters. The number of aromatic hydroxyl groups is 1. The first kappa shape index (κ1) is 81.2. The summed E-state index contributed by atoms with van der Waals surface area (Å²) in [6, 6.07) is 20.5. The fourth-order valence-corrected chi connectivity index (χ4v) is 12.7. The van der Waals surface area contributed by atoms with Crippen molar-refractivity contribution in [1.29, 1.82) is 0 Å². The first-order valence-electron chi connectivity index (χ1n) is 30.7. The summed E-state index contributed by atoms with van der Waals surface area (Å²) in [5.41, 5.74) is 20.8. The SMILES string of the molecule is COC(=O)c1cc(O)cc([N+](=O)[O-])c1.Cc1ncsc1CCOc1cc(C(=O)Nc2nncs2)cc([N+](=O)[O-])c1.Cc1ncsc1CCOc1cc(C(=O)O)cc(N(C)C)c1.Cc1ncsc1CCOc1cc(C(=O)O)cc([N+](=O)[O-])c1.Cc1ncsc1CCOc1cc(N)cc(C(=O)Nc2nncs2)c1. The van der Waals surface area contributed by atoms with Gasteiger partial charge in [-0.15, -0.1) is 65.7 Å². The Kier molecular flexibility index (Phi) is 30.7. The van der Waals surface area contributed by atoms with Gasteiger partial charge < -0.3 is 49.6 Å². The van der Waals surface area contributed by atoms with Crippen LogP contribution in [0.25, 0.3) is 0 Å². The number of hydrogen-bond donors (Lipinski definition) is 6. The number of ether oxygens (including phenoxy) is 5. The fourth-order valence-electron chi connectivity index (χ4n) is 8.72. The second-order valence-corrected chi connectivity index (χ2v) is 27.1. The number of aromatic nitrogens is 8. The maximum atomic E-state index is 12.3. The van der Waals surface area contributed by atoms with Crippen molar-refractivity contribution in [3.05, 3.63) is 225 Å². The van der Waals surface area contributed by atoms with Gasteiger partial charge in [-0.25, -0.2) is 34.3 Å². The molecule has 0 spiro atoms. The summed E-state index contributed by atoms with van der Waals surface area (Å²) in [6.45, 7) is 9.36. The highest BCUT2D eigenvalue weighted by Gasteiger charge is 2.20. The summed E-state index contributed by atoms with van der Waals surface area (Å²) >= 11 is 8.65. The molecule has 6 aromatic heterocycles. The number of nitrogens with one attached hydrogen (secondary N) is 2. The van der Waals surface area contributed by atoms with Gasteiger partial charge >= 0.3 is 17.9 Å². The van der Waals surface area contributed by atoms with Gasteiger partial charge in [0.2, 0.25) is 10.3 Å². The number of carboxylic acids is 2. The van der Waals surface area contributed by atoms with Crippen LogP contribution >= 0.6 is 68.0 Å². The van der Waals surface area contributed by atoms with E-state index in [2.05, 4.69) is 55.7 Å². The Bertz CT molecular complexity index is 4800. The Hall–Kier alpha value is -12.1. The van der Waals surface area contributed by atoms with Crippen LogP contribution in [0.4, 0.5) is 38.7 Å². The van der Waals surface area contributed by atoms with Crippen molar-refractivity contribution in [2.75, 3.05) is 68.9 Å². The molecule has 0 unspecified atom stereocenters. The van der Waals surface area contributed by atoms with Crippen LogP contribution in [0.3, 0.4) is 0 Å². The number of carbonyl (C=O) groups excluding carboxylic acids is 3. The second-order valence-electron chi connectivity index (χ2n) is 21.7. The number of rotatable bonds is 27. The number of nitrogen functional groups attached to an aromatic ring is 1. The molecule has 0 saturated carbocycles. The van der Waals surface area contributed by atoms with Crippen molar-refractivity contribution in [2.24, 2.45) is 0 Å². The lowest BCUT2D eigenvalue weighted by atomic mass is 10.1. The number of phenolic OH excluding ortho intramolecular Hbond substituents is 1. The zero-order valence-electron chi connectivity index (χ0n) is 57.0. The number of amides is 2. The van der Waals surface area contributed by atoms with Crippen LogP contribution in [0, 0.1) is 58.0 Å². The molecule has 34 nitrogen and oxygen atoms in total. The molecule has 0 saturated heterocycles. The van der Waals surface area contributed by atoms with Crippen molar-refractivity contribution in [3.8, 4) is 28.7 Å². The quantitative estimate of drug-likeness (QED) is 0.0120. The molecule has 0 bridgehead atoms. The topological polar surface area (TPSA) is 478 Å². The molecule has 554 valence electrons. The minimum atomic E-state index is -1.23. The van der Waals surface area contributed by atoms with E-state index in [1.807, 2.05) is 63.8 Å². The number of non-ortho nitro benzene ring substituents is 3. The van der Waals surface area contributed by atoms with E-state index in [1.165, 1.54) is 79.6 Å². The first-order valence-corrected chi connectivity index (χ1v) is 36.0. The molecule has 106 heavy (non-hydrogen) atoms. The number of aryl methyl sites for hydroxylation is 4. The number of anilines is 4. The number of nitrogens with zero attached hydrogens (tertiary/aromatic N) is 12. The third-order valence-corrected chi connectivity index (χ3v) is 19.2. The van der Waals surface area contributed by atoms with E-state index < -0.39 is 38.6 Å². The predicted octanol–water partition coefficient (Wildman–Crippen LogP) is 12.4. The van der Waals surface area contributed by atoms with Crippen LogP contribution in [-0.4, -0.2) is 148 Å². The van der Waals surface area contributed by atoms with E-state index in [0.29, 0.717) is 72.3 Å². The summed E-state index contributed by atoms with van der Waals surface area (Å²) < 4.78 is 26.8. The van der Waals surface area contributed by atoms with Gasteiger partial charge in [0.1, 0.15) is 39.8 Å². The molecule has 11 aromatic rings. The van der Waals surface area contributed by atoms with Crippen LogP contribution in [0.2, 0.25) is 0 Å². The van der Waals surface area contributed by atoms with Gasteiger partial charge in [-0.05, 0) is 70.2 Å². The number of hydrogen-bond acceptors (Lipinski definition) is 33. The van der Waals surface area contributed by atoms with Crippen LogP contribution < -0.4 is 40.2 Å². The van der Waals surface area contributed by atoms with Crippen LogP contribution in [0.1, 0.15) is 94.1 Å². The van der Waals surface area contributed by atoms with Gasteiger partial charge in [-0.3, -0.25) is 50.6 Å². The van der Waals surface area contributed by atoms with Crippen molar-refractivity contribution >= 4 is 136 Å². The standard InChI is InChI=1S/C15H13N5O4S2.C15H15N5O2S2.C15H18N2O3S.C13H12N2O5S.C8H7NO5/c1-9-13(25-7-16-9)2-3-24-12-5-10(4-11(6-12)20(22)23)14(21)18-15-19-17-8-26-15;1-9-13(23-7-17-9)2-3-22-12-5-10(4-11(16)6-12)14(21)19-15-20-18-8-24-15;1-10-14(21-9-16-10)4-5-20-13-7-11(15(18)19)6-12(8-13)17(2)3;1-8-12(21-7-14-8)2-3-20-11-5-9(13(16)17)4-10(6-11)15(18)19;1-14-8(11)5-2-6(9(12)13)4-7(10)3-5/h4-8H,2-3H2,1H3,(H,18,19,21);4-8H,2-3,16H2,1H3,(H,19,20,21);6-9H,4-5H2,1-3H3,(H,18,19);4-7H,2-3H2,1H3,(H,16,17);2-4,10H,1H3. The third-order valence-electron chi connectivity index (χ3n) is 14.0. The van der Waals surface area contributed by atoms with Crippen LogP contribution in [0.15, 0.2) is 124 Å². The number of aromatic carboxylic acids is 2. The lowest BCUT2D eigenvalue weighted by Gasteiger charge is -2.15. The fraction of sp³-hybridized carbons (Fsp3) is 0.227. The Balaban J connectivity index is 0.000000187. The lowest BCUT2D eigenvalue weighted by molar-refractivity contribution is -0.385. The minimum Gasteiger partial charge on any atom is -0.508 e. The number of nitro benzene ring substituents is 3. The molecule has 11 rings (SSSR count). The lowest BCUT2D eigenvalue weighted by Crippen LogP contribution is -2.12. The monoisotopic (exact) mass is 1560 g/mol. The third kappa shape index (κ3) is 25.7. The molecule has 0 fully saturated rings. The van der Waals surface area contributed by atoms with Crippen molar-refractivity contribution in [1.82, 2.24) is 40.3 Å². The summed E-state index contributed by atoms with van der Waals surface area (Å²) in [5, 5.41) is 80.2. The van der Waals surface area contributed by atoms with Crippen LogP contribution in [-0.2, 0) is 30.4 Å². The average molecular weight is 1560 g/mol. The molecule has 6 heterocycles. The molecule has 0 aliphatic carbocycles. The molecule has 5 aromatic carbocycles. The van der Waals surface area contributed by atoms with E-state index >= 15 is 0 Å². The zero-order chi connectivity index (χ0) is 77.0. The van der Waals surface area contributed by atoms with Crippen molar-refractivity contribution in [2.45, 2.75) is 53.4 Å². The Morgan fingerprint density at radius 2 is 0.811 bits per heavy atom. The molecule has 0 radical (unpaired) electrons. The highest BCUT2D eigenvalue weighted by molar-refractivity contribution is 7.14. The highest BCUT2D eigenvalue weighted by Crippen LogP contribution is 2.29. The minimum absolute atomic E-state index is 0.0563. The summed E-state index contributed by atoms with van der Waals surface area (Å²) in [6.07, 6.45) is 2.77. The number of benzene rings is 5. The molecule has 7 N–H and O–H groups in total. The van der Waals surface area contributed by atoms with Gasteiger partial charge in [0.25, 0.3) is 28.9 Å². The number of thiazole rings is 4. The van der Waals surface area contributed by atoms with E-state index in [9.17, 15) is 54.3 Å². The van der Waals surface area contributed by atoms with E-state index in [1.54, 1.807) is 69.5 Å². The molecule has 0 aliphatic heterocycles. The van der Waals surface area contributed by atoms with E-state index in [0.717, 1.165) is 93.8 Å². The van der Waals surface area contributed by atoms with Crippen molar-refractivity contribution in [3.63, 3.8) is 0 Å². The number of carbonyl (C=O) groups is 5. The Labute approximate surface area is 626 Å². The number of nitro groups is 3. The van der Waals surface area contributed by atoms with Gasteiger partial charge in [0, 0.05) is 107 Å². The molecule has 0 aliphatic rings. The number of methoxy groups -OCH3 is 1. The van der Waals surface area contributed by atoms with Gasteiger partial charge in [-0.1, -0.05) is 22.7 Å². The number of esters is 1. The van der Waals surface area contributed by atoms with E-state index in [-0.39, 0.29) is 62.5 Å². The summed E-state index contributed by atoms with van der Waals surface area (Å²) in [5.74, 6) is -2.55. The first-order chi connectivity index (χ1) is 50.6. The van der Waals surface area contributed by atoms with Gasteiger partial charge in [0.05, 0.1) is 134 Å². The predicted molar refractivity (Wildman–Crippen MR) is 398 cm³/mol. The zero-order valence-corrected chi connectivity index (χ0v) is 61.9. The summed E-state index contributed by atoms with van der Waals surface area (Å²) in [4.78, 5) is 111. The van der Waals surface area contributed by atoms with Gasteiger partial charge in [0.15, 0.2) is 0 Å². The Morgan fingerprint density at radius 3 is 1.16 bits per heavy atom. The second kappa shape index (κ2) is 40.1. The van der Waals surface area contributed by atoms with Crippen LogP contribution in [0.5, 0.6) is 28.7 Å². The number of carboxylic acid groups (broad SMARTS) is 2. The van der Waals surface area contributed by atoms with E-state index in [4.69, 9.17) is 40.0 Å². The summed E-state index contributed by atoms with van der Waals surface area (Å²) in [7, 11) is 4.88. The molecule has 40 heteroatoms. The molecule has 2 amide bonds. The maximum absolute atomic E-state index is 12.3. The number of phenols is 1. The number of nitrogens with two attached hydrogens (primary N) is 1. The van der Waals surface area contributed by atoms with Gasteiger partial charge in [-0.2, -0.15) is 0 Å². The van der Waals surface area contributed by atoms with Crippen molar-refractivity contribution < 1.29 is 77.7 Å². The normalized spacial score (nSPS) is 10.3. The Morgan fingerprint density at radius 1 is 0.462 bits per heavy atom. The smallest absolute Gasteiger partial charge is 0.338 e. The highest BCUT2D eigenvalue weighted by atomic mass is 32.1. The maximum Gasteiger partial charge on any atom is 0.338 e. The average Bonchev–Trinajstić information content (AvgIpc) is 1.64. The molecular weight excluding hydrogens is 1500 g/mol. The molecular formula is C66H65N15O19S6.